The van der Waals surface area contributed by atoms with Gasteiger partial charge in [-0.3, -0.25) is 4.79 Å². The van der Waals surface area contributed by atoms with Gasteiger partial charge >= 0.3 is 6.09 Å². The monoisotopic (exact) mass is 388 g/mol. The van der Waals surface area contributed by atoms with Crippen LogP contribution in [-0.2, 0) is 4.74 Å². The average molecular weight is 389 g/mol. The van der Waals surface area contributed by atoms with Crippen molar-refractivity contribution in [3.63, 3.8) is 0 Å². The maximum absolute atomic E-state index is 13.1. The number of alkyl carbamates (subject to hydrolysis) is 1. The molecule has 2 amide bonds. The topological polar surface area (TPSA) is 67.4 Å². The van der Waals surface area contributed by atoms with E-state index in [1.54, 1.807) is 6.92 Å². The van der Waals surface area contributed by atoms with Crippen LogP contribution in [0.2, 0.25) is 0 Å². The summed E-state index contributed by atoms with van der Waals surface area (Å²) in [6, 6.07) is 3.63. The van der Waals surface area contributed by atoms with Crippen molar-refractivity contribution in [2.45, 2.75) is 33.2 Å². The molecule has 0 aliphatic rings. The highest BCUT2D eigenvalue weighted by Crippen LogP contribution is 2.17. The summed E-state index contributed by atoms with van der Waals surface area (Å²) in [5.41, 5.74) is 0.339. The number of nitrogens with one attached hydrogen (secondary N) is 2. The van der Waals surface area contributed by atoms with Gasteiger partial charge in [-0.1, -0.05) is 13.8 Å². The minimum Gasteiger partial charge on any atom is -0.450 e. The number of rotatable bonds is 7. The van der Waals surface area contributed by atoms with Gasteiger partial charge in [0.1, 0.15) is 5.82 Å². The molecular formula is C16H22BrFN2O3. The highest BCUT2D eigenvalue weighted by Gasteiger charge is 2.17. The van der Waals surface area contributed by atoms with Crippen molar-refractivity contribution in [1.82, 2.24) is 10.6 Å². The first kappa shape index (κ1) is 19.4. The quantitative estimate of drug-likeness (QED) is 0.751. The van der Waals surface area contributed by atoms with Gasteiger partial charge in [-0.2, -0.15) is 0 Å². The van der Waals surface area contributed by atoms with Gasteiger partial charge in [0.15, 0.2) is 0 Å². The van der Waals surface area contributed by atoms with Crippen molar-refractivity contribution in [3.8, 4) is 0 Å². The normalized spacial score (nSPS) is 11.9. The number of benzene rings is 1. The van der Waals surface area contributed by atoms with Crippen LogP contribution in [0.3, 0.4) is 0 Å². The Morgan fingerprint density at radius 1 is 1.35 bits per heavy atom. The number of amides is 2. The van der Waals surface area contributed by atoms with Crippen LogP contribution in [0.4, 0.5) is 9.18 Å². The molecule has 1 aromatic carbocycles. The lowest BCUT2D eigenvalue weighted by atomic mass is 10.0. The summed E-state index contributed by atoms with van der Waals surface area (Å²) in [5.74, 6) is -0.414. The minimum atomic E-state index is -0.504. The molecule has 1 atom stereocenters. The van der Waals surface area contributed by atoms with E-state index < -0.39 is 11.9 Å². The van der Waals surface area contributed by atoms with Crippen LogP contribution in [-0.4, -0.2) is 31.2 Å². The summed E-state index contributed by atoms with van der Waals surface area (Å²) in [6.07, 6.45) is 0.194. The second-order valence-electron chi connectivity index (χ2n) is 5.53. The van der Waals surface area contributed by atoms with Crippen molar-refractivity contribution in [1.29, 1.82) is 0 Å². The first-order chi connectivity index (χ1) is 10.8. The molecular weight excluding hydrogens is 367 g/mol. The Kier molecular flexibility index (Phi) is 8.02. The maximum atomic E-state index is 13.1. The van der Waals surface area contributed by atoms with E-state index >= 15 is 0 Å². The molecule has 0 saturated heterocycles. The van der Waals surface area contributed by atoms with E-state index in [0.29, 0.717) is 22.4 Å². The molecule has 5 nitrogen and oxygen atoms in total. The summed E-state index contributed by atoms with van der Waals surface area (Å²) in [6.45, 7) is 6.33. The summed E-state index contributed by atoms with van der Waals surface area (Å²) in [7, 11) is 0. The first-order valence-electron chi connectivity index (χ1n) is 7.50. The largest absolute Gasteiger partial charge is 0.450 e. The van der Waals surface area contributed by atoms with Crippen molar-refractivity contribution >= 4 is 27.9 Å². The molecule has 23 heavy (non-hydrogen) atoms. The lowest BCUT2D eigenvalue weighted by Crippen LogP contribution is -2.44. The molecule has 2 N–H and O–H groups in total. The zero-order valence-corrected chi connectivity index (χ0v) is 15.1. The lowest BCUT2D eigenvalue weighted by molar-refractivity contribution is 0.0943. The molecule has 0 saturated carbocycles. The summed E-state index contributed by atoms with van der Waals surface area (Å²) in [4.78, 5) is 23.7. The molecule has 7 heteroatoms. The average Bonchev–Trinajstić information content (AvgIpc) is 2.44. The van der Waals surface area contributed by atoms with Gasteiger partial charge in [0.25, 0.3) is 5.91 Å². The Hall–Kier alpha value is -1.63. The summed E-state index contributed by atoms with van der Waals surface area (Å²) in [5, 5.41) is 5.48. The standard InChI is InChI=1S/C16H22BrFN2O3/c1-4-23-16(22)20-12(7-10(2)3)9-19-15(21)13-6-5-11(18)8-14(13)17/h5-6,8,10,12H,4,7,9H2,1-3H3,(H,19,21)(H,20,22)/t12-/m0/s1. The molecule has 0 aromatic heterocycles. The number of carbonyl (C=O) groups is 2. The van der Waals surface area contributed by atoms with E-state index in [0.717, 1.165) is 0 Å². The van der Waals surface area contributed by atoms with Crippen LogP contribution in [0, 0.1) is 11.7 Å². The van der Waals surface area contributed by atoms with E-state index in [4.69, 9.17) is 4.74 Å². The fraction of sp³-hybridized carbons (Fsp3) is 0.500. The van der Waals surface area contributed by atoms with Crippen LogP contribution in [0.5, 0.6) is 0 Å². The van der Waals surface area contributed by atoms with Crippen LogP contribution < -0.4 is 10.6 Å². The Labute approximate surface area is 144 Å². The van der Waals surface area contributed by atoms with Crippen LogP contribution >= 0.6 is 15.9 Å². The number of carbonyl (C=O) groups excluding carboxylic acids is 2. The second kappa shape index (κ2) is 9.50. The highest BCUT2D eigenvalue weighted by molar-refractivity contribution is 9.10. The van der Waals surface area contributed by atoms with E-state index in [-0.39, 0.29) is 25.1 Å². The van der Waals surface area contributed by atoms with Crippen LogP contribution in [0.1, 0.15) is 37.6 Å². The maximum Gasteiger partial charge on any atom is 0.407 e. The predicted molar refractivity (Wildman–Crippen MR) is 89.8 cm³/mol. The SMILES string of the molecule is CCOC(=O)N[C@H](CNC(=O)c1ccc(F)cc1Br)CC(C)C. The Morgan fingerprint density at radius 2 is 2.04 bits per heavy atom. The molecule has 0 unspecified atom stereocenters. The third-order valence-electron chi connectivity index (χ3n) is 3.04. The van der Waals surface area contributed by atoms with Crippen LogP contribution in [0.15, 0.2) is 22.7 Å². The number of ether oxygens (including phenoxy) is 1. The summed E-state index contributed by atoms with van der Waals surface area (Å²) >= 11 is 3.17. The van der Waals surface area contributed by atoms with Gasteiger partial charge in [0.05, 0.1) is 12.2 Å². The molecule has 0 aliphatic heterocycles. The van der Waals surface area contributed by atoms with Gasteiger partial charge in [0, 0.05) is 17.1 Å². The van der Waals surface area contributed by atoms with Crippen LogP contribution in [0.25, 0.3) is 0 Å². The minimum absolute atomic E-state index is 0.239. The van der Waals surface area contributed by atoms with Crippen molar-refractivity contribution in [2.75, 3.05) is 13.2 Å². The Balaban J connectivity index is 2.65. The molecule has 1 aromatic rings. The van der Waals surface area contributed by atoms with Gasteiger partial charge < -0.3 is 15.4 Å². The molecule has 128 valence electrons. The molecule has 1 rings (SSSR count). The van der Waals surface area contributed by atoms with Gasteiger partial charge in [0.2, 0.25) is 0 Å². The van der Waals surface area contributed by atoms with E-state index in [9.17, 15) is 14.0 Å². The third kappa shape index (κ3) is 6.99. The van der Waals surface area contributed by atoms with E-state index in [1.807, 2.05) is 13.8 Å². The second-order valence-corrected chi connectivity index (χ2v) is 6.38. The number of hydrogen-bond donors (Lipinski definition) is 2. The van der Waals surface area contributed by atoms with Gasteiger partial charge in [-0.05, 0) is 53.4 Å². The fourth-order valence-electron chi connectivity index (χ4n) is 2.09. The predicted octanol–water partition coefficient (Wildman–Crippen LogP) is 3.48. The molecule has 0 spiro atoms. The number of hydrogen-bond acceptors (Lipinski definition) is 3. The van der Waals surface area contributed by atoms with Gasteiger partial charge in [-0.15, -0.1) is 0 Å². The Morgan fingerprint density at radius 3 is 2.61 bits per heavy atom. The lowest BCUT2D eigenvalue weighted by Gasteiger charge is -2.21. The molecule has 0 aliphatic carbocycles. The fourth-order valence-corrected chi connectivity index (χ4v) is 2.62. The van der Waals surface area contributed by atoms with E-state index in [1.165, 1.54) is 18.2 Å². The highest BCUT2D eigenvalue weighted by atomic mass is 79.9. The summed E-state index contributed by atoms with van der Waals surface area (Å²) < 4.78 is 18.3. The Bertz CT molecular complexity index is 552. The zero-order valence-electron chi connectivity index (χ0n) is 13.5. The molecule has 0 radical (unpaired) electrons. The van der Waals surface area contributed by atoms with Crippen molar-refractivity contribution < 1.29 is 18.7 Å². The zero-order chi connectivity index (χ0) is 17.4. The van der Waals surface area contributed by atoms with Crippen molar-refractivity contribution in [2.24, 2.45) is 5.92 Å². The van der Waals surface area contributed by atoms with Gasteiger partial charge in [-0.25, -0.2) is 9.18 Å². The molecule has 0 fully saturated rings. The molecule has 0 bridgehead atoms. The number of halogens is 2. The van der Waals surface area contributed by atoms with Crippen molar-refractivity contribution in [3.05, 3.63) is 34.1 Å². The smallest absolute Gasteiger partial charge is 0.407 e. The van der Waals surface area contributed by atoms with E-state index in [2.05, 4.69) is 26.6 Å². The molecule has 0 heterocycles. The third-order valence-corrected chi connectivity index (χ3v) is 3.69. The first-order valence-corrected chi connectivity index (χ1v) is 8.29.